The Morgan fingerprint density at radius 1 is 0.952 bits per heavy atom. The van der Waals surface area contributed by atoms with Crippen LogP contribution >= 0.6 is 0 Å². The lowest BCUT2D eigenvalue weighted by Crippen LogP contribution is -2.46. The molecule has 13 heteroatoms. The monoisotopic (exact) mass is 584 g/mol. The fourth-order valence-electron chi connectivity index (χ4n) is 4.72. The van der Waals surface area contributed by atoms with Crippen LogP contribution in [0, 0.1) is 0 Å². The normalized spacial score (nSPS) is 14.4. The van der Waals surface area contributed by atoms with Gasteiger partial charge in [-0.2, -0.15) is 0 Å². The average Bonchev–Trinajstić information content (AvgIpc) is 3.38. The minimum absolute atomic E-state index is 0.659. The van der Waals surface area contributed by atoms with Gasteiger partial charge >= 0.3 is 17.9 Å². The Kier molecular flexibility index (Phi) is 11.0. The van der Waals surface area contributed by atoms with Crippen molar-refractivity contribution >= 4 is 23.6 Å². The summed E-state index contributed by atoms with van der Waals surface area (Å²) in [6, 6.07) is 16.3. The molecule has 0 aliphatic carbocycles. The largest absolute Gasteiger partial charge is 0.496 e. The molecule has 5 N–H and O–H groups in total. The Morgan fingerprint density at radius 2 is 1.55 bits per heavy atom. The van der Waals surface area contributed by atoms with Crippen molar-refractivity contribution < 1.29 is 44.7 Å². The molecule has 0 radical (unpaired) electrons. The molecule has 1 saturated heterocycles. The molecule has 1 aliphatic rings. The number of piperazine rings is 1. The zero-order chi connectivity index (χ0) is 30.9. The predicted molar refractivity (Wildman–Crippen MR) is 151 cm³/mol. The van der Waals surface area contributed by atoms with Crippen LogP contribution in [0.5, 0.6) is 5.75 Å². The van der Waals surface area contributed by atoms with Gasteiger partial charge in [0.25, 0.3) is 0 Å². The Labute approximate surface area is 242 Å². The van der Waals surface area contributed by atoms with Gasteiger partial charge in [-0.1, -0.05) is 36.4 Å². The van der Waals surface area contributed by atoms with Crippen LogP contribution in [0.15, 0.2) is 60.9 Å². The summed E-state index contributed by atoms with van der Waals surface area (Å²) in [5, 5.41) is 44.8. The maximum atomic E-state index is 10.9. The summed E-state index contributed by atoms with van der Waals surface area (Å²) in [5.74, 6) is -3.42. The number of carboxylic acids is 3. The molecule has 2 aromatic carbocycles. The van der Waals surface area contributed by atoms with Crippen molar-refractivity contribution in [1.82, 2.24) is 14.5 Å². The molecule has 0 amide bonds. The molecular formula is C29H36N4O9. The number of benzene rings is 2. The quantitative estimate of drug-likeness (QED) is 0.219. The smallest absolute Gasteiger partial charge is 0.336 e. The highest BCUT2D eigenvalue weighted by Crippen LogP contribution is 2.31. The minimum atomic E-state index is -2.74. The van der Waals surface area contributed by atoms with Crippen LogP contribution < -0.4 is 9.64 Å². The highest BCUT2D eigenvalue weighted by molar-refractivity contribution is 5.88. The van der Waals surface area contributed by atoms with Gasteiger partial charge in [0.15, 0.2) is 5.60 Å². The van der Waals surface area contributed by atoms with Gasteiger partial charge in [-0.05, 0) is 12.1 Å². The van der Waals surface area contributed by atoms with E-state index < -0.39 is 42.5 Å². The molecule has 0 bridgehead atoms. The van der Waals surface area contributed by atoms with Crippen molar-refractivity contribution in [2.24, 2.45) is 7.05 Å². The second kappa shape index (κ2) is 14.4. The van der Waals surface area contributed by atoms with Gasteiger partial charge in [-0.3, -0.25) is 14.5 Å². The number of aromatic nitrogens is 2. The number of hydrogen-bond acceptors (Lipinski definition) is 9. The maximum absolute atomic E-state index is 10.9. The number of carbonyl (C=O) groups is 3. The van der Waals surface area contributed by atoms with Crippen LogP contribution in [0.3, 0.4) is 0 Å². The summed E-state index contributed by atoms with van der Waals surface area (Å²) in [7, 11) is 3.63. The number of rotatable bonds is 11. The lowest BCUT2D eigenvalue weighted by atomic mass is 9.96. The molecule has 1 unspecified atom stereocenters. The molecule has 1 fully saturated rings. The first-order valence-electron chi connectivity index (χ1n) is 13.2. The first-order valence-corrected chi connectivity index (χ1v) is 13.2. The molecule has 1 aliphatic heterocycles. The zero-order valence-corrected chi connectivity index (χ0v) is 23.5. The van der Waals surface area contributed by atoms with E-state index in [0.29, 0.717) is 5.82 Å². The molecule has 3 aromatic rings. The molecule has 1 aromatic heterocycles. The summed E-state index contributed by atoms with van der Waals surface area (Å²) in [6.07, 6.45) is 0.552. The molecular weight excluding hydrogens is 548 g/mol. The number of aliphatic carboxylic acids is 3. The van der Waals surface area contributed by atoms with Crippen molar-refractivity contribution in [1.29, 1.82) is 0 Å². The predicted octanol–water partition coefficient (Wildman–Crippen LogP) is 1.58. The van der Waals surface area contributed by atoms with Crippen molar-refractivity contribution in [3.8, 4) is 5.75 Å². The third-order valence-electron chi connectivity index (χ3n) is 6.92. The van der Waals surface area contributed by atoms with Crippen LogP contribution in [0.25, 0.3) is 0 Å². The first-order chi connectivity index (χ1) is 19.9. The molecule has 0 saturated carbocycles. The Hall–Kier alpha value is -4.46. The van der Waals surface area contributed by atoms with Crippen LogP contribution in [0.4, 0.5) is 5.69 Å². The van der Waals surface area contributed by atoms with Gasteiger partial charge in [-0.25, -0.2) is 9.78 Å². The average molecular weight is 585 g/mol. The van der Waals surface area contributed by atoms with Gasteiger partial charge in [0.1, 0.15) is 17.7 Å². The van der Waals surface area contributed by atoms with E-state index in [2.05, 4.69) is 33.0 Å². The lowest BCUT2D eigenvalue weighted by Gasteiger charge is -2.37. The van der Waals surface area contributed by atoms with Crippen molar-refractivity contribution in [3.05, 3.63) is 77.9 Å². The number of aliphatic hydroxyl groups excluding tert-OH is 1. The number of aryl methyl sites for hydroxylation is 1. The lowest BCUT2D eigenvalue weighted by molar-refractivity contribution is -0.170. The summed E-state index contributed by atoms with van der Waals surface area (Å²) >= 11 is 0. The third-order valence-corrected chi connectivity index (χ3v) is 6.92. The molecule has 42 heavy (non-hydrogen) atoms. The van der Waals surface area contributed by atoms with Gasteiger partial charge < -0.3 is 39.7 Å². The molecule has 0 spiro atoms. The van der Waals surface area contributed by atoms with Gasteiger partial charge in [0, 0.05) is 69.0 Å². The van der Waals surface area contributed by atoms with E-state index in [1.54, 1.807) is 13.3 Å². The number of methoxy groups -OCH3 is 1. The van der Waals surface area contributed by atoms with E-state index in [1.165, 1.54) is 5.56 Å². The molecule has 4 rings (SSSR count). The van der Waals surface area contributed by atoms with E-state index in [-0.39, 0.29) is 0 Å². The molecule has 1 atom stereocenters. The number of anilines is 1. The van der Waals surface area contributed by atoms with Crippen LogP contribution in [0.1, 0.15) is 35.9 Å². The number of aliphatic hydroxyl groups is 2. The number of carboxylic acid groups (broad SMARTS) is 3. The summed E-state index contributed by atoms with van der Waals surface area (Å²) in [4.78, 5) is 39.6. The van der Waals surface area contributed by atoms with Crippen molar-refractivity contribution in [2.75, 3.05) is 38.2 Å². The van der Waals surface area contributed by atoms with E-state index in [4.69, 9.17) is 25.2 Å². The van der Waals surface area contributed by atoms with E-state index in [1.807, 2.05) is 48.1 Å². The number of hydrogen-bond donors (Lipinski definition) is 5. The van der Waals surface area contributed by atoms with Gasteiger partial charge in [0.2, 0.25) is 0 Å². The molecule has 13 nitrogen and oxygen atoms in total. The summed E-state index contributed by atoms with van der Waals surface area (Å²) in [5.41, 5.74) is 0.464. The second-order valence-electron chi connectivity index (χ2n) is 9.91. The van der Waals surface area contributed by atoms with E-state index in [0.717, 1.165) is 49.7 Å². The Bertz CT molecular complexity index is 1350. The highest BCUT2D eigenvalue weighted by atomic mass is 16.5. The third kappa shape index (κ3) is 8.28. The number of para-hydroxylation sites is 2. The van der Waals surface area contributed by atoms with E-state index in [9.17, 15) is 19.5 Å². The number of ether oxygens (including phenoxy) is 1. The Morgan fingerprint density at radius 3 is 2.10 bits per heavy atom. The fraction of sp³-hybridized carbons (Fsp3) is 0.379. The topological polar surface area (TPSA) is 186 Å². The highest BCUT2D eigenvalue weighted by Gasteiger charge is 2.40. The van der Waals surface area contributed by atoms with E-state index >= 15 is 0 Å². The van der Waals surface area contributed by atoms with Crippen LogP contribution in [-0.4, -0.2) is 96.8 Å². The maximum Gasteiger partial charge on any atom is 0.336 e. The molecule has 226 valence electrons. The summed E-state index contributed by atoms with van der Waals surface area (Å²) < 4.78 is 7.36. The standard InChI is InChI=1S/C23H28N4O2.C6H8O7/c1-25-12-11-24-23(25)22(28)19-8-4-5-9-20(19)27-15-13-26(14-16-27)17-18-7-3-6-10-21(18)29-2;7-3(8)1-6(13,5(11)12)2-4(9)10/h3-12,22,28H,13-17H2,1-2H3;13H,1-2H2,(H,7,8)(H,9,10)(H,11,12). The molecule has 2 heterocycles. The SMILES string of the molecule is COc1ccccc1CN1CCN(c2ccccc2C(O)c2nccn2C)CC1.O=C(O)CC(O)(CC(=O)O)C(=O)O. The van der Waals surface area contributed by atoms with Gasteiger partial charge in [-0.15, -0.1) is 0 Å². The van der Waals surface area contributed by atoms with Crippen LogP contribution in [-0.2, 0) is 28.0 Å². The van der Waals surface area contributed by atoms with Crippen molar-refractivity contribution in [2.45, 2.75) is 31.1 Å². The Balaban J connectivity index is 0.000000316. The number of nitrogens with zero attached hydrogens (tertiary/aromatic N) is 4. The van der Waals surface area contributed by atoms with Crippen molar-refractivity contribution in [3.63, 3.8) is 0 Å². The zero-order valence-electron chi connectivity index (χ0n) is 23.5. The van der Waals surface area contributed by atoms with Crippen LogP contribution in [0.2, 0.25) is 0 Å². The summed E-state index contributed by atoms with van der Waals surface area (Å²) in [6.45, 7) is 4.64. The number of imidazole rings is 1. The second-order valence-corrected chi connectivity index (χ2v) is 9.91. The van der Waals surface area contributed by atoms with Gasteiger partial charge in [0.05, 0.1) is 20.0 Å². The minimum Gasteiger partial charge on any atom is -0.496 e. The first kappa shape index (κ1) is 32.1. The fourth-order valence-corrected chi connectivity index (χ4v) is 4.72.